The third-order valence-electron chi connectivity index (χ3n) is 5.22. The van der Waals surface area contributed by atoms with Gasteiger partial charge in [0.1, 0.15) is 0 Å². The van der Waals surface area contributed by atoms with E-state index in [9.17, 15) is 0 Å². The molecule has 0 aliphatic carbocycles. The predicted octanol–water partition coefficient (Wildman–Crippen LogP) is 5.71. The summed E-state index contributed by atoms with van der Waals surface area (Å²) in [4.78, 5) is 0. The molecule has 0 aliphatic rings. The van der Waals surface area contributed by atoms with Crippen LogP contribution >= 0.6 is 0 Å². The zero-order chi connectivity index (χ0) is 21.1. The Balaban J connectivity index is 2.02. The summed E-state index contributed by atoms with van der Waals surface area (Å²) >= 11 is 0. The average Bonchev–Trinajstić information content (AvgIpc) is 2.76. The van der Waals surface area contributed by atoms with Crippen LogP contribution in [-0.4, -0.2) is 14.4 Å². The lowest BCUT2D eigenvalue weighted by atomic mass is 10.2. The second-order valence-electron chi connectivity index (χ2n) is 7.73. The minimum Gasteiger partial charge on any atom is -0.411 e. The molecule has 150 valence electrons. The molecule has 0 atom stereocenters. The van der Waals surface area contributed by atoms with Crippen molar-refractivity contribution in [2.75, 3.05) is 0 Å². The van der Waals surface area contributed by atoms with Crippen LogP contribution in [0.5, 0.6) is 0 Å². The maximum atomic E-state index is 6.98. The Kier molecular flexibility index (Phi) is 8.10. The molecule has 3 aromatic rings. The Hall–Kier alpha value is -3.04. The van der Waals surface area contributed by atoms with Gasteiger partial charge in [0.2, 0.25) is 8.32 Å². The van der Waals surface area contributed by atoms with Gasteiger partial charge in [-0.2, -0.15) is 0 Å². The molecule has 0 spiro atoms. The smallest absolute Gasteiger partial charge is 0.206 e. The molecule has 0 amide bonds. The van der Waals surface area contributed by atoms with Crippen LogP contribution < -0.4 is 0 Å². The van der Waals surface area contributed by atoms with Crippen molar-refractivity contribution in [3.8, 4) is 24.7 Å². The maximum absolute atomic E-state index is 6.98. The lowest BCUT2D eigenvalue weighted by molar-refractivity contribution is 0.194. The van der Waals surface area contributed by atoms with Gasteiger partial charge >= 0.3 is 0 Å². The van der Waals surface area contributed by atoms with Gasteiger partial charge in [0.05, 0.1) is 6.10 Å². The van der Waals surface area contributed by atoms with Crippen molar-refractivity contribution in [1.82, 2.24) is 0 Å². The van der Waals surface area contributed by atoms with Crippen LogP contribution in [-0.2, 0) is 22.6 Å². The van der Waals surface area contributed by atoms with Gasteiger partial charge in [-0.3, -0.25) is 0 Å². The lowest BCUT2D eigenvalue weighted by Crippen LogP contribution is -2.49. The highest BCUT2D eigenvalue weighted by Gasteiger charge is 2.38. The lowest BCUT2D eigenvalue weighted by Gasteiger charge is -2.35. The molecule has 0 bridgehead atoms. The first-order chi connectivity index (χ1) is 14.7. The minimum absolute atomic E-state index is 0.109. The highest BCUT2D eigenvalue weighted by atomic mass is 28.4. The Labute approximate surface area is 182 Å². The van der Waals surface area contributed by atoms with E-state index in [1.54, 1.807) is 0 Å². The molecule has 0 radical (unpaired) electrons. The summed E-state index contributed by atoms with van der Waals surface area (Å²) < 4.78 is 6.98. The number of benzene rings is 3. The van der Waals surface area contributed by atoms with Crippen molar-refractivity contribution in [2.24, 2.45) is 0 Å². The van der Waals surface area contributed by atoms with Crippen molar-refractivity contribution >= 4 is 8.32 Å². The zero-order valence-corrected chi connectivity index (χ0v) is 18.3. The van der Waals surface area contributed by atoms with E-state index in [1.807, 2.05) is 0 Å². The second-order valence-corrected chi connectivity index (χ2v) is 11.4. The number of hydrogen-bond acceptors (Lipinski definition) is 1. The fourth-order valence-electron chi connectivity index (χ4n) is 3.99. The molecule has 3 aromatic carbocycles. The van der Waals surface area contributed by atoms with E-state index < -0.39 is 8.32 Å². The van der Waals surface area contributed by atoms with Crippen molar-refractivity contribution in [2.45, 2.75) is 37.1 Å². The molecule has 1 nitrogen and oxygen atoms in total. The first kappa shape index (κ1) is 21.7. The maximum Gasteiger partial charge on any atom is 0.206 e. The molecule has 2 heteroatoms. The molecule has 0 N–H and O–H groups in total. The standard InChI is InChI=1S/C28H28OSi/c1-3-14-28(15-4-2)29-30(22-25-16-8-5-9-17-25,23-26-18-10-6-11-19-26)24-27-20-12-7-13-21-27/h1-2,5-13,16-21,28H,14-15,22-24H2. The van der Waals surface area contributed by atoms with E-state index in [0.717, 1.165) is 18.1 Å². The van der Waals surface area contributed by atoms with E-state index >= 15 is 0 Å². The van der Waals surface area contributed by atoms with Crippen LogP contribution in [0.15, 0.2) is 91.0 Å². The zero-order valence-electron chi connectivity index (χ0n) is 17.3. The van der Waals surface area contributed by atoms with Crippen LogP contribution in [0.2, 0.25) is 0 Å². The van der Waals surface area contributed by atoms with Crippen LogP contribution in [0.25, 0.3) is 0 Å². The first-order valence-electron chi connectivity index (χ1n) is 10.4. The highest BCUT2D eigenvalue weighted by Crippen LogP contribution is 2.26. The van der Waals surface area contributed by atoms with E-state index in [0.29, 0.717) is 12.8 Å². The number of hydrogen-bond donors (Lipinski definition) is 0. The third-order valence-corrected chi connectivity index (χ3v) is 9.21. The fourth-order valence-corrected chi connectivity index (χ4v) is 8.43. The number of rotatable bonds is 10. The molecular formula is C28H28OSi. The summed E-state index contributed by atoms with van der Waals surface area (Å²) in [6.07, 6.45) is 12.3. The van der Waals surface area contributed by atoms with Gasteiger partial charge in [-0.05, 0) is 34.8 Å². The van der Waals surface area contributed by atoms with Gasteiger partial charge in [-0.1, -0.05) is 91.0 Å². The first-order valence-corrected chi connectivity index (χ1v) is 12.9. The van der Waals surface area contributed by atoms with Crippen molar-refractivity contribution in [3.63, 3.8) is 0 Å². The Morgan fingerprint density at radius 2 is 0.933 bits per heavy atom. The Morgan fingerprint density at radius 3 is 1.23 bits per heavy atom. The summed E-state index contributed by atoms with van der Waals surface area (Å²) in [5.74, 6) is 5.54. The van der Waals surface area contributed by atoms with Gasteiger partial charge in [0.25, 0.3) is 0 Å². The van der Waals surface area contributed by atoms with E-state index in [1.165, 1.54) is 16.7 Å². The SMILES string of the molecule is C#CCC(CC#C)O[Si](Cc1ccccc1)(Cc1ccccc1)Cc1ccccc1. The summed E-state index contributed by atoms with van der Waals surface area (Å²) in [7, 11) is -2.35. The van der Waals surface area contributed by atoms with Crippen LogP contribution in [0.3, 0.4) is 0 Å². The Morgan fingerprint density at radius 1 is 0.600 bits per heavy atom. The Bertz CT molecular complexity index is 850. The summed E-state index contributed by atoms with van der Waals surface area (Å²) in [5.41, 5.74) is 3.91. The molecular weight excluding hydrogens is 380 g/mol. The van der Waals surface area contributed by atoms with E-state index in [4.69, 9.17) is 17.3 Å². The van der Waals surface area contributed by atoms with Gasteiger partial charge in [0, 0.05) is 12.8 Å². The van der Waals surface area contributed by atoms with E-state index in [-0.39, 0.29) is 6.10 Å². The molecule has 0 heterocycles. The molecule has 3 rings (SSSR count). The quantitative estimate of drug-likeness (QED) is 0.308. The van der Waals surface area contributed by atoms with Crippen LogP contribution in [0.1, 0.15) is 29.5 Å². The normalized spacial score (nSPS) is 11.0. The monoisotopic (exact) mass is 408 g/mol. The second kappa shape index (κ2) is 11.2. The predicted molar refractivity (Wildman–Crippen MR) is 128 cm³/mol. The fraction of sp³-hybridized carbons (Fsp3) is 0.214. The molecule has 0 aromatic heterocycles. The number of terminal acetylenes is 2. The van der Waals surface area contributed by atoms with Crippen molar-refractivity contribution in [3.05, 3.63) is 108 Å². The third kappa shape index (κ3) is 6.50. The molecule has 0 saturated heterocycles. The van der Waals surface area contributed by atoms with E-state index in [2.05, 4.69) is 103 Å². The van der Waals surface area contributed by atoms with Crippen molar-refractivity contribution in [1.29, 1.82) is 0 Å². The van der Waals surface area contributed by atoms with Crippen LogP contribution in [0.4, 0.5) is 0 Å². The van der Waals surface area contributed by atoms with Crippen LogP contribution in [0, 0.1) is 24.7 Å². The molecule has 0 saturated carbocycles. The van der Waals surface area contributed by atoms with Gasteiger partial charge in [-0.25, -0.2) is 0 Å². The van der Waals surface area contributed by atoms with Crippen molar-refractivity contribution < 1.29 is 4.43 Å². The largest absolute Gasteiger partial charge is 0.411 e. The minimum atomic E-state index is -2.35. The average molecular weight is 409 g/mol. The molecule has 30 heavy (non-hydrogen) atoms. The summed E-state index contributed by atoms with van der Waals surface area (Å²) in [6.45, 7) is 0. The van der Waals surface area contributed by atoms with Gasteiger partial charge in [-0.15, -0.1) is 24.7 Å². The highest BCUT2D eigenvalue weighted by molar-refractivity contribution is 6.72. The van der Waals surface area contributed by atoms with Gasteiger partial charge in [0.15, 0.2) is 0 Å². The molecule has 0 fully saturated rings. The summed E-state index contributed by atoms with van der Waals surface area (Å²) in [6, 6.07) is 34.7. The molecule has 0 aliphatic heterocycles. The van der Waals surface area contributed by atoms with Gasteiger partial charge < -0.3 is 4.43 Å². The summed E-state index contributed by atoms with van der Waals surface area (Å²) in [5, 5.41) is 0. The topological polar surface area (TPSA) is 9.23 Å². The molecule has 0 unspecified atom stereocenters.